The fourth-order valence-electron chi connectivity index (χ4n) is 2.32. The van der Waals surface area contributed by atoms with E-state index in [0.717, 1.165) is 30.0 Å². The van der Waals surface area contributed by atoms with E-state index in [-0.39, 0.29) is 5.75 Å². The third kappa shape index (κ3) is 4.03. The predicted octanol–water partition coefficient (Wildman–Crippen LogP) is 2.32. The Hall–Kier alpha value is -0.460. The van der Waals surface area contributed by atoms with E-state index in [9.17, 15) is 8.42 Å². The van der Waals surface area contributed by atoms with Gasteiger partial charge in [-0.1, -0.05) is 19.8 Å². The summed E-state index contributed by atoms with van der Waals surface area (Å²) in [5.41, 5.74) is 0.826. The minimum absolute atomic E-state index is 0.276. The molecule has 1 aromatic rings. The maximum absolute atomic E-state index is 11.9. The molecule has 0 bridgehead atoms. The molecule has 0 spiro atoms. The lowest BCUT2D eigenvalue weighted by atomic mass is 10.1. The van der Waals surface area contributed by atoms with Gasteiger partial charge in [0.05, 0.1) is 23.0 Å². The first-order chi connectivity index (χ1) is 8.59. The van der Waals surface area contributed by atoms with Gasteiger partial charge in [0.1, 0.15) is 0 Å². The van der Waals surface area contributed by atoms with Crippen molar-refractivity contribution in [2.45, 2.75) is 45.6 Å². The fraction of sp³-hybridized carbons (Fsp3) is 0.750. The average Bonchev–Trinajstić information content (AvgIpc) is 2.96. The first kappa shape index (κ1) is 14.0. The third-order valence-electron chi connectivity index (χ3n) is 3.30. The smallest absolute Gasteiger partial charge is 0.212 e. The van der Waals surface area contributed by atoms with E-state index in [1.165, 1.54) is 12.8 Å². The maximum Gasteiger partial charge on any atom is 0.212 e. The van der Waals surface area contributed by atoms with Crippen LogP contribution in [0.1, 0.15) is 43.3 Å². The van der Waals surface area contributed by atoms with Gasteiger partial charge in [-0.3, -0.25) is 0 Å². The minimum atomic E-state index is -3.15. The van der Waals surface area contributed by atoms with Gasteiger partial charge in [0, 0.05) is 5.38 Å². The molecule has 1 aliphatic rings. The zero-order chi connectivity index (χ0) is 13.0. The Morgan fingerprint density at radius 3 is 2.78 bits per heavy atom. The van der Waals surface area contributed by atoms with Gasteiger partial charge in [-0.2, -0.15) is 0 Å². The van der Waals surface area contributed by atoms with Crippen LogP contribution in [0, 0.1) is 5.92 Å². The van der Waals surface area contributed by atoms with Gasteiger partial charge in [-0.15, -0.1) is 11.3 Å². The number of hydrogen-bond acceptors (Lipinski definition) is 4. The number of rotatable bonds is 6. The highest BCUT2D eigenvalue weighted by molar-refractivity contribution is 7.89. The van der Waals surface area contributed by atoms with Gasteiger partial charge in [0.15, 0.2) is 0 Å². The van der Waals surface area contributed by atoms with E-state index in [4.69, 9.17) is 0 Å². The average molecular weight is 288 g/mol. The number of sulfonamides is 1. The number of hydrogen-bond donors (Lipinski definition) is 1. The summed E-state index contributed by atoms with van der Waals surface area (Å²) in [6, 6.07) is 0. The van der Waals surface area contributed by atoms with Gasteiger partial charge in [0.25, 0.3) is 0 Å². The Balaban J connectivity index is 1.84. The molecule has 1 saturated carbocycles. The Labute approximate surface area is 113 Å². The molecule has 6 heteroatoms. The molecule has 1 fully saturated rings. The van der Waals surface area contributed by atoms with Crippen LogP contribution in [0.25, 0.3) is 0 Å². The molecule has 4 nitrogen and oxygen atoms in total. The van der Waals surface area contributed by atoms with Crippen LogP contribution in [0.5, 0.6) is 0 Å². The van der Waals surface area contributed by atoms with E-state index >= 15 is 0 Å². The van der Waals surface area contributed by atoms with Gasteiger partial charge in [0.2, 0.25) is 10.0 Å². The topological polar surface area (TPSA) is 59.1 Å². The molecule has 1 aliphatic carbocycles. The fourth-order valence-corrected chi connectivity index (χ4v) is 4.51. The number of thiazole rings is 1. The Bertz CT molecular complexity index is 476. The first-order valence-corrected chi connectivity index (χ1v) is 9.03. The van der Waals surface area contributed by atoms with E-state index in [2.05, 4.69) is 9.71 Å². The van der Waals surface area contributed by atoms with Crippen molar-refractivity contribution in [1.29, 1.82) is 0 Å². The van der Waals surface area contributed by atoms with E-state index in [0.29, 0.717) is 12.5 Å². The number of aromatic nitrogens is 1. The van der Waals surface area contributed by atoms with Crippen molar-refractivity contribution in [3.05, 3.63) is 16.1 Å². The number of nitrogens with one attached hydrogen (secondary N) is 1. The molecule has 1 N–H and O–H groups in total. The van der Waals surface area contributed by atoms with E-state index in [1.807, 2.05) is 12.3 Å². The molecule has 0 radical (unpaired) electrons. The Morgan fingerprint density at radius 2 is 2.17 bits per heavy atom. The van der Waals surface area contributed by atoms with Crippen molar-refractivity contribution in [3.8, 4) is 0 Å². The summed E-state index contributed by atoms with van der Waals surface area (Å²) < 4.78 is 26.5. The molecule has 0 atom stereocenters. The predicted molar refractivity (Wildman–Crippen MR) is 74.1 cm³/mol. The van der Waals surface area contributed by atoms with Crippen molar-refractivity contribution in [2.24, 2.45) is 5.92 Å². The normalized spacial score (nSPS) is 17.4. The summed E-state index contributed by atoms with van der Waals surface area (Å²) in [6.45, 7) is 2.37. The maximum atomic E-state index is 11.9. The van der Waals surface area contributed by atoms with Crippen molar-refractivity contribution >= 4 is 21.4 Å². The summed E-state index contributed by atoms with van der Waals surface area (Å²) in [7, 11) is -3.15. The van der Waals surface area contributed by atoms with Gasteiger partial charge in [-0.25, -0.2) is 18.1 Å². The van der Waals surface area contributed by atoms with Crippen LogP contribution in [0.2, 0.25) is 0 Å². The van der Waals surface area contributed by atoms with Crippen molar-refractivity contribution in [1.82, 2.24) is 9.71 Å². The van der Waals surface area contributed by atoms with Crippen LogP contribution in [0.3, 0.4) is 0 Å². The zero-order valence-corrected chi connectivity index (χ0v) is 12.3. The SMILES string of the molecule is CCc1nc(CNS(=O)(=O)CC2CCCC2)cs1. The highest BCUT2D eigenvalue weighted by Gasteiger charge is 2.22. The Kier molecular flexibility index (Phi) is 4.75. The molecule has 0 aromatic carbocycles. The summed E-state index contributed by atoms with van der Waals surface area (Å²) in [5, 5.41) is 2.98. The van der Waals surface area contributed by atoms with Crippen LogP contribution < -0.4 is 4.72 Å². The molecule has 0 saturated heterocycles. The van der Waals surface area contributed by atoms with Crippen molar-refractivity contribution in [2.75, 3.05) is 5.75 Å². The number of nitrogens with zero attached hydrogens (tertiary/aromatic N) is 1. The first-order valence-electron chi connectivity index (χ1n) is 6.49. The highest BCUT2D eigenvalue weighted by Crippen LogP contribution is 2.25. The molecule has 18 heavy (non-hydrogen) atoms. The lowest BCUT2D eigenvalue weighted by Crippen LogP contribution is -2.29. The van der Waals surface area contributed by atoms with Crippen molar-refractivity contribution in [3.63, 3.8) is 0 Å². The van der Waals surface area contributed by atoms with Crippen LogP contribution >= 0.6 is 11.3 Å². The van der Waals surface area contributed by atoms with Gasteiger partial charge >= 0.3 is 0 Å². The van der Waals surface area contributed by atoms with Crippen LogP contribution in [0.15, 0.2) is 5.38 Å². The largest absolute Gasteiger partial charge is 0.245 e. The molecule has 102 valence electrons. The quantitative estimate of drug-likeness (QED) is 0.874. The lowest BCUT2D eigenvalue weighted by Gasteiger charge is -2.10. The second kappa shape index (κ2) is 6.12. The van der Waals surface area contributed by atoms with Gasteiger partial charge < -0.3 is 0 Å². The van der Waals surface area contributed by atoms with Crippen molar-refractivity contribution < 1.29 is 8.42 Å². The molecule has 0 amide bonds. The molecule has 1 aromatic heterocycles. The molecule has 1 heterocycles. The van der Waals surface area contributed by atoms with Crippen LogP contribution in [-0.2, 0) is 23.0 Å². The summed E-state index contributed by atoms with van der Waals surface area (Å²) >= 11 is 1.59. The zero-order valence-electron chi connectivity index (χ0n) is 10.7. The molecular weight excluding hydrogens is 268 g/mol. The summed E-state index contributed by atoms with van der Waals surface area (Å²) in [4.78, 5) is 4.36. The monoisotopic (exact) mass is 288 g/mol. The molecular formula is C12H20N2O2S2. The van der Waals surface area contributed by atoms with Crippen LogP contribution in [0.4, 0.5) is 0 Å². The highest BCUT2D eigenvalue weighted by atomic mass is 32.2. The standard InChI is InChI=1S/C12H20N2O2S2/c1-2-12-14-11(8-17-12)7-13-18(15,16)9-10-5-3-4-6-10/h8,10,13H,2-7,9H2,1H3. The number of aryl methyl sites for hydroxylation is 1. The third-order valence-corrected chi connectivity index (χ3v) is 5.84. The second-order valence-corrected chi connectivity index (χ2v) is 7.63. The summed E-state index contributed by atoms with van der Waals surface area (Å²) in [6.07, 6.45) is 5.35. The molecule has 0 unspecified atom stereocenters. The van der Waals surface area contributed by atoms with Gasteiger partial charge in [-0.05, 0) is 25.2 Å². The summed E-state index contributed by atoms with van der Waals surface area (Å²) in [5.74, 6) is 0.627. The van der Waals surface area contributed by atoms with Crippen LogP contribution in [-0.4, -0.2) is 19.2 Å². The molecule has 0 aliphatic heterocycles. The van der Waals surface area contributed by atoms with E-state index < -0.39 is 10.0 Å². The lowest BCUT2D eigenvalue weighted by molar-refractivity contribution is 0.547. The second-order valence-electron chi connectivity index (χ2n) is 4.84. The molecule has 2 rings (SSSR count). The van der Waals surface area contributed by atoms with E-state index in [1.54, 1.807) is 11.3 Å². The minimum Gasteiger partial charge on any atom is -0.245 e. The Morgan fingerprint density at radius 1 is 1.44 bits per heavy atom.